The molecule has 0 spiro atoms. The Balaban J connectivity index is 5.26. The van der Waals surface area contributed by atoms with Gasteiger partial charge in [0.1, 0.15) is 19.3 Å². The van der Waals surface area contributed by atoms with Gasteiger partial charge in [0.15, 0.2) is 12.2 Å². The number of phosphoric acid groups is 2. The summed E-state index contributed by atoms with van der Waals surface area (Å²) in [6.45, 7) is 9.71. The van der Waals surface area contributed by atoms with Crippen LogP contribution < -0.4 is 0 Å². The van der Waals surface area contributed by atoms with E-state index in [9.17, 15) is 43.2 Å². The van der Waals surface area contributed by atoms with Gasteiger partial charge in [-0.05, 0) is 37.5 Å². The molecule has 0 rings (SSSR count). The van der Waals surface area contributed by atoms with Gasteiger partial charge in [-0.15, -0.1) is 0 Å². The van der Waals surface area contributed by atoms with Crippen molar-refractivity contribution in [1.82, 2.24) is 0 Å². The molecule has 100 heavy (non-hydrogen) atoms. The van der Waals surface area contributed by atoms with E-state index in [1.54, 1.807) is 0 Å². The molecular weight excluding hydrogens is 1310 g/mol. The average molecular weight is 1470 g/mol. The number of ether oxygens (including phenoxy) is 4. The molecule has 0 saturated heterocycles. The molecule has 0 aliphatic carbocycles. The Labute approximate surface area is 613 Å². The predicted octanol–water partition coefficient (Wildman–Crippen LogP) is 24.3. The number of hydrogen-bond donors (Lipinski definition) is 3. The van der Waals surface area contributed by atoms with E-state index in [-0.39, 0.29) is 25.7 Å². The van der Waals surface area contributed by atoms with E-state index in [1.807, 2.05) is 0 Å². The molecule has 19 heteroatoms. The molecule has 0 saturated carbocycles. The number of carbonyl (C=O) groups excluding carboxylic acids is 4. The Kier molecular flexibility index (Phi) is 71.2. The molecule has 0 amide bonds. The summed E-state index contributed by atoms with van der Waals surface area (Å²) >= 11 is 0. The molecule has 17 nitrogen and oxygen atoms in total. The second kappa shape index (κ2) is 72.6. The normalized spacial score (nSPS) is 14.4. The zero-order valence-corrected chi connectivity index (χ0v) is 67.3. The molecule has 0 aromatic carbocycles. The molecule has 0 aromatic rings. The van der Waals surface area contributed by atoms with E-state index in [1.165, 1.54) is 244 Å². The first-order chi connectivity index (χ1) is 48.4. The van der Waals surface area contributed by atoms with E-state index in [0.717, 1.165) is 102 Å². The zero-order valence-electron chi connectivity index (χ0n) is 65.5. The smallest absolute Gasteiger partial charge is 0.462 e. The fraction of sp³-hybridized carbons (Fsp3) is 0.951. The fourth-order valence-electron chi connectivity index (χ4n) is 12.5. The number of carbonyl (C=O) groups is 4. The first kappa shape index (κ1) is 98.1. The fourth-order valence-corrected chi connectivity index (χ4v) is 14.1. The molecule has 0 radical (unpaired) electrons. The number of rotatable bonds is 80. The lowest BCUT2D eigenvalue weighted by molar-refractivity contribution is -0.161. The van der Waals surface area contributed by atoms with Crippen LogP contribution in [0, 0.1) is 11.8 Å². The van der Waals surface area contributed by atoms with Gasteiger partial charge in [0, 0.05) is 25.7 Å². The molecular formula is C81H158O17P2. The Bertz CT molecular complexity index is 1930. The second-order valence-corrected chi connectivity index (χ2v) is 32.6. The van der Waals surface area contributed by atoms with Crippen molar-refractivity contribution in [2.24, 2.45) is 11.8 Å². The quantitative estimate of drug-likeness (QED) is 0.0222. The van der Waals surface area contributed by atoms with Gasteiger partial charge in [-0.3, -0.25) is 37.3 Å². The molecule has 0 aromatic heterocycles. The number of hydrogen-bond acceptors (Lipinski definition) is 15. The van der Waals surface area contributed by atoms with Crippen LogP contribution in [0.1, 0.15) is 427 Å². The lowest BCUT2D eigenvalue weighted by Crippen LogP contribution is -2.30. The standard InChI is InChI=1S/C81H158O17P2/c1-7-11-13-15-17-19-21-22-23-24-25-29-33-40-46-52-58-64-79(84)92-70-76(97-80(85)65-59-53-47-41-34-30-27-26-28-32-37-43-49-55-61-73(5)9-3)71-95-99(87,88)93-67-75(82)68-94-100(89,90)96-72-77(69-91-78(83)63-57-51-45-39-31-20-18-16-14-12-8-2)98-81(86)66-60-54-48-42-36-35-38-44-50-56-62-74(6)10-4/h73-77,82H,7-72H2,1-6H3,(H,87,88)(H,89,90)/t73?,74?,75-,76-,77-/m1/s1. The molecule has 0 heterocycles. The summed E-state index contributed by atoms with van der Waals surface area (Å²) < 4.78 is 68.7. The third kappa shape index (κ3) is 71.7. The van der Waals surface area contributed by atoms with Gasteiger partial charge in [-0.2, -0.15) is 0 Å². The van der Waals surface area contributed by atoms with Gasteiger partial charge < -0.3 is 33.8 Å². The Morgan fingerprint density at radius 2 is 0.480 bits per heavy atom. The maximum Gasteiger partial charge on any atom is 0.472 e. The predicted molar refractivity (Wildman–Crippen MR) is 409 cm³/mol. The molecule has 0 aliphatic rings. The van der Waals surface area contributed by atoms with Crippen LogP contribution in [0.4, 0.5) is 0 Å². The van der Waals surface area contributed by atoms with Crippen molar-refractivity contribution in [1.29, 1.82) is 0 Å². The molecule has 594 valence electrons. The summed E-state index contributed by atoms with van der Waals surface area (Å²) in [4.78, 5) is 73.0. The van der Waals surface area contributed by atoms with E-state index in [0.29, 0.717) is 25.7 Å². The maximum atomic E-state index is 13.1. The highest BCUT2D eigenvalue weighted by Gasteiger charge is 2.30. The number of esters is 4. The molecule has 4 unspecified atom stereocenters. The van der Waals surface area contributed by atoms with Crippen molar-refractivity contribution in [3.05, 3.63) is 0 Å². The molecule has 0 aliphatic heterocycles. The van der Waals surface area contributed by atoms with Crippen LogP contribution in [0.2, 0.25) is 0 Å². The Morgan fingerprint density at radius 1 is 0.280 bits per heavy atom. The molecule has 7 atom stereocenters. The summed E-state index contributed by atoms with van der Waals surface area (Å²) in [5, 5.41) is 10.6. The lowest BCUT2D eigenvalue weighted by atomic mass is 9.99. The van der Waals surface area contributed by atoms with Crippen LogP contribution in [0.15, 0.2) is 0 Å². The maximum absolute atomic E-state index is 13.1. The highest BCUT2D eigenvalue weighted by molar-refractivity contribution is 7.47. The van der Waals surface area contributed by atoms with E-state index in [2.05, 4.69) is 41.5 Å². The third-order valence-corrected chi connectivity index (χ3v) is 21.6. The summed E-state index contributed by atoms with van der Waals surface area (Å²) in [5.41, 5.74) is 0. The van der Waals surface area contributed by atoms with E-state index in [4.69, 9.17) is 37.0 Å². The summed E-state index contributed by atoms with van der Waals surface area (Å²) in [6, 6.07) is 0. The Hall–Kier alpha value is -1.94. The van der Waals surface area contributed by atoms with Crippen molar-refractivity contribution < 1.29 is 80.2 Å². The van der Waals surface area contributed by atoms with E-state index >= 15 is 0 Å². The zero-order chi connectivity index (χ0) is 73.5. The Morgan fingerprint density at radius 3 is 0.710 bits per heavy atom. The average Bonchev–Trinajstić information content (AvgIpc) is 1.68. The highest BCUT2D eigenvalue weighted by Crippen LogP contribution is 2.45. The van der Waals surface area contributed by atoms with Gasteiger partial charge in [0.25, 0.3) is 0 Å². The first-order valence-corrected chi connectivity index (χ1v) is 45.1. The number of phosphoric ester groups is 2. The summed E-state index contributed by atoms with van der Waals surface area (Å²) in [7, 11) is -9.92. The van der Waals surface area contributed by atoms with Crippen molar-refractivity contribution in [2.45, 2.75) is 445 Å². The van der Waals surface area contributed by atoms with Crippen LogP contribution >= 0.6 is 15.6 Å². The minimum absolute atomic E-state index is 0.107. The third-order valence-electron chi connectivity index (χ3n) is 19.7. The largest absolute Gasteiger partial charge is 0.472 e. The molecule has 0 fully saturated rings. The lowest BCUT2D eigenvalue weighted by Gasteiger charge is -2.21. The van der Waals surface area contributed by atoms with Crippen molar-refractivity contribution in [2.75, 3.05) is 39.6 Å². The van der Waals surface area contributed by atoms with Crippen LogP contribution in [0.5, 0.6) is 0 Å². The highest BCUT2D eigenvalue weighted by atomic mass is 31.2. The van der Waals surface area contributed by atoms with Gasteiger partial charge in [-0.25, -0.2) is 9.13 Å². The second-order valence-electron chi connectivity index (χ2n) is 29.6. The SMILES string of the molecule is CCCCCCCCCCCCCCCCCCCC(=O)OC[C@H](COP(=O)(O)OC[C@@H](O)COP(=O)(O)OC[C@@H](COC(=O)CCCCCCCCCCCCC)OC(=O)CCCCCCCCCCCCC(C)CC)OC(=O)CCCCCCCCCCCCCCCCC(C)CC. The van der Waals surface area contributed by atoms with Crippen LogP contribution in [0.3, 0.4) is 0 Å². The summed E-state index contributed by atoms with van der Waals surface area (Å²) in [5.74, 6) is -0.458. The minimum Gasteiger partial charge on any atom is -0.462 e. The summed E-state index contributed by atoms with van der Waals surface area (Å²) in [6.07, 6.45) is 62.2. The van der Waals surface area contributed by atoms with Crippen molar-refractivity contribution in [3.8, 4) is 0 Å². The molecule has 0 bridgehead atoms. The molecule has 3 N–H and O–H groups in total. The minimum atomic E-state index is -4.96. The number of aliphatic hydroxyl groups is 1. The monoisotopic (exact) mass is 1470 g/mol. The number of unbranched alkanes of at least 4 members (excludes halogenated alkanes) is 48. The van der Waals surface area contributed by atoms with Gasteiger partial charge >= 0.3 is 39.5 Å². The van der Waals surface area contributed by atoms with E-state index < -0.39 is 97.5 Å². The topological polar surface area (TPSA) is 237 Å². The number of aliphatic hydroxyl groups excluding tert-OH is 1. The van der Waals surface area contributed by atoms with Crippen LogP contribution in [-0.4, -0.2) is 96.7 Å². The van der Waals surface area contributed by atoms with Gasteiger partial charge in [-0.1, -0.05) is 375 Å². The van der Waals surface area contributed by atoms with Gasteiger partial charge in [0.2, 0.25) is 0 Å². The van der Waals surface area contributed by atoms with Gasteiger partial charge in [0.05, 0.1) is 26.4 Å². The van der Waals surface area contributed by atoms with Crippen LogP contribution in [0.25, 0.3) is 0 Å². The van der Waals surface area contributed by atoms with Crippen molar-refractivity contribution >= 4 is 39.5 Å². The van der Waals surface area contributed by atoms with Crippen LogP contribution in [-0.2, 0) is 65.4 Å². The first-order valence-electron chi connectivity index (χ1n) is 42.1. The van der Waals surface area contributed by atoms with Crippen molar-refractivity contribution in [3.63, 3.8) is 0 Å².